The fourth-order valence-electron chi connectivity index (χ4n) is 3.03. The van der Waals surface area contributed by atoms with Gasteiger partial charge in [0.1, 0.15) is 5.52 Å². The number of nitrogens with zero attached hydrogens (tertiary/aromatic N) is 3. The predicted molar refractivity (Wildman–Crippen MR) is 113 cm³/mol. The third-order valence-corrected chi connectivity index (χ3v) is 8.21. The van der Waals surface area contributed by atoms with Crippen LogP contribution in [0.4, 0.5) is 5.13 Å². The van der Waals surface area contributed by atoms with Gasteiger partial charge in [0.15, 0.2) is 15.0 Å². The zero-order valence-electron chi connectivity index (χ0n) is 14.4. The lowest BCUT2D eigenvalue weighted by Gasteiger charge is -2.34. The molecule has 4 rings (SSSR count). The molecule has 10 heteroatoms. The van der Waals surface area contributed by atoms with E-state index in [0.717, 1.165) is 18.5 Å². The Morgan fingerprint density at radius 2 is 1.85 bits per heavy atom. The topological polar surface area (TPSA) is 70.6 Å². The highest BCUT2D eigenvalue weighted by Crippen LogP contribution is 2.33. The lowest BCUT2D eigenvalue weighted by molar-refractivity contribution is 0.0751. The lowest BCUT2D eigenvalue weighted by atomic mass is 10.3. The first-order chi connectivity index (χ1) is 12.8. The number of carbonyl (C=O) groups is 1. The summed E-state index contributed by atoms with van der Waals surface area (Å²) in [7, 11) is -3.33. The van der Waals surface area contributed by atoms with Crippen LogP contribution >= 0.6 is 38.6 Å². The lowest BCUT2D eigenvalue weighted by Crippen LogP contribution is -2.48. The van der Waals surface area contributed by atoms with E-state index in [2.05, 4.69) is 25.8 Å². The monoisotopic (exact) mass is 485 g/mol. The third-order valence-electron chi connectivity index (χ3n) is 4.39. The number of carbonyl (C=O) groups excluding carboxylic acids is 1. The Balaban J connectivity index is 1.52. The Morgan fingerprint density at radius 1 is 1.11 bits per heavy atom. The molecule has 142 valence electrons. The van der Waals surface area contributed by atoms with Gasteiger partial charge in [-0.2, -0.15) is 0 Å². The van der Waals surface area contributed by atoms with Gasteiger partial charge in [0.2, 0.25) is 0 Å². The highest BCUT2D eigenvalue weighted by molar-refractivity contribution is 9.11. The number of rotatable bonds is 3. The maximum atomic E-state index is 12.6. The zero-order chi connectivity index (χ0) is 19.2. The molecule has 0 spiro atoms. The molecule has 0 N–H and O–H groups in total. The standard InChI is InChI=1S/C17H16BrN3O3S3/c1-27(23,24)13-4-2-3-11-15(13)19-17(26-11)21-9-7-20(8-10-21)16(22)12-5-6-14(18)25-12/h2-6H,7-10H2,1H3. The summed E-state index contributed by atoms with van der Waals surface area (Å²) in [6.07, 6.45) is 1.20. The molecule has 6 nitrogen and oxygen atoms in total. The predicted octanol–water partition coefficient (Wildman–Crippen LogP) is 3.49. The van der Waals surface area contributed by atoms with Crippen LogP contribution in [0.2, 0.25) is 0 Å². The molecule has 0 atom stereocenters. The van der Waals surface area contributed by atoms with Gasteiger partial charge in [0.05, 0.1) is 18.3 Å². The van der Waals surface area contributed by atoms with Gasteiger partial charge in [-0.25, -0.2) is 13.4 Å². The van der Waals surface area contributed by atoms with Gasteiger partial charge in [-0.05, 0) is 40.2 Å². The van der Waals surface area contributed by atoms with Crippen molar-refractivity contribution < 1.29 is 13.2 Å². The van der Waals surface area contributed by atoms with Crippen molar-refractivity contribution in [3.8, 4) is 0 Å². The number of hydrogen-bond acceptors (Lipinski definition) is 7. The number of aromatic nitrogens is 1. The second kappa shape index (κ2) is 7.16. The number of thiophene rings is 1. The van der Waals surface area contributed by atoms with Crippen LogP contribution in [0, 0.1) is 0 Å². The SMILES string of the molecule is CS(=O)(=O)c1cccc2sc(N3CCN(C(=O)c4ccc(Br)s4)CC3)nc12. The first kappa shape index (κ1) is 18.9. The molecule has 1 amide bonds. The number of sulfone groups is 1. The van der Waals surface area contributed by atoms with Gasteiger partial charge in [0.25, 0.3) is 5.91 Å². The van der Waals surface area contributed by atoms with Crippen molar-refractivity contribution in [3.63, 3.8) is 0 Å². The molecule has 3 heterocycles. The summed E-state index contributed by atoms with van der Waals surface area (Å²) in [5.74, 6) is 0.0500. The minimum atomic E-state index is -3.33. The number of piperazine rings is 1. The largest absolute Gasteiger partial charge is 0.345 e. The van der Waals surface area contributed by atoms with Crippen molar-refractivity contribution in [3.05, 3.63) is 39.0 Å². The van der Waals surface area contributed by atoms with Gasteiger partial charge < -0.3 is 9.80 Å². The van der Waals surface area contributed by atoms with Gasteiger partial charge in [-0.1, -0.05) is 17.4 Å². The molecular formula is C17H16BrN3O3S3. The minimum absolute atomic E-state index is 0.0500. The maximum Gasteiger partial charge on any atom is 0.264 e. The summed E-state index contributed by atoms with van der Waals surface area (Å²) in [5, 5.41) is 0.798. The van der Waals surface area contributed by atoms with Crippen molar-refractivity contribution >= 4 is 69.7 Å². The number of anilines is 1. The van der Waals surface area contributed by atoms with Gasteiger partial charge >= 0.3 is 0 Å². The minimum Gasteiger partial charge on any atom is -0.345 e. The number of halogens is 1. The van der Waals surface area contributed by atoms with E-state index in [1.807, 2.05) is 23.1 Å². The quantitative estimate of drug-likeness (QED) is 0.567. The van der Waals surface area contributed by atoms with Crippen molar-refractivity contribution in [1.82, 2.24) is 9.88 Å². The average molecular weight is 486 g/mol. The van der Waals surface area contributed by atoms with E-state index in [1.165, 1.54) is 28.9 Å². The molecule has 3 aromatic rings. The summed E-state index contributed by atoms with van der Waals surface area (Å²) in [5.41, 5.74) is 0.530. The molecule has 0 aliphatic carbocycles. The zero-order valence-corrected chi connectivity index (χ0v) is 18.4. The third kappa shape index (κ3) is 3.75. The molecule has 0 bridgehead atoms. The molecule has 1 aliphatic rings. The van der Waals surface area contributed by atoms with E-state index in [9.17, 15) is 13.2 Å². The Labute approximate surface area is 173 Å². The fraction of sp³-hybridized carbons (Fsp3) is 0.294. The van der Waals surface area contributed by atoms with Crippen LogP contribution < -0.4 is 4.90 Å². The van der Waals surface area contributed by atoms with Gasteiger partial charge in [-0.3, -0.25) is 4.79 Å². The van der Waals surface area contributed by atoms with E-state index >= 15 is 0 Å². The maximum absolute atomic E-state index is 12.6. The normalized spacial score (nSPS) is 15.5. The Morgan fingerprint density at radius 3 is 2.48 bits per heavy atom. The molecule has 0 saturated carbocycles. The molecule has 0 unspecified atom stereocenters. The molecular weight excluding hydrogens is 470 g/mol. The molecule has 1 fully saturated rings. The van der Waals surface area contributed by atoms with E-state index in [-0.39, 0.29) is 10.8 Å². The Hall–Kier alpha value is -1.49. The van der Waals surface area contributed by atoms with Crippen molar-refractivity contribution in [2.24, 2.45) is 0 Å². The van der Waals surface area contributed by atoms with Crippen LogP contribution in [-0.4, -0.2) is 56.6 Å². The van der Waals surface area contributed by atoms with Crippen LogP contribution in [-0.2, 0) is 9.84 Å². The van der Waals surface area contributed by atoms with E-state index in [4.69, 9.17) is 0 Å². The first-order valence-corrected chi connectivity index (χ1v) is 12.5. The molecule has 0 radical (unpaired) electrons. The number of para-hydroxylation sites is 1. The first-order valence-electron chi connectivity index (χ1n) is 8.22. The number of amides is 1. The number of hydrogen-bond donors (Lipinski definition) is 0. The Bertz CT molecular complexity index is 1110. The molecule has 27 heavy (non-hydrogen) atoms. The smallest absolute Gasteiger partial charge is 0.264 e. The van der Waals surface area contributed by atoms with E-state index in [1.54, 1.807) is 12.1 Å². The number of thiazole rings is 1. The molecule has 1 aromatic carbocycles. The summed E-state index contributed by atoms with van der Waals surface area (Å²) < 4.78 is 25.8. The van der Waals surface area contributed by atoms with E-state index in [0.29, 0.717) is 31.7 Å². The van der Waals surface area contributed by atoms with Crippen LogP contribution in [0.15, 0.2) is 39.0 Å². The van der Waals surface area contributed by atoms with Crippen molar-refractivity contribution in [1.29, 1.82) is 0 Å². The summed E-state index contributed by atoms with van der Waals surface area (Å²) in [6, 6.07) is 8.95. The van der Waals surface area contributed by atoms with Crippen molar-refractivity contribution in [2.75, 3.05) is 37.3 Å². The van der Waals surface area contributed by atoms with Gasteiger partial charge in [-0.15, -0.1) is 11.3 Å². The summed E-state index contributed by atoms with van der Waals surface area (Å²) in [6.45, 7) is 2.57. The summed E-state index contributed by atoms with van der Waals surface area (Å²) >= 11 is 6.32. The highest BCUT2D eigenvalue weighted by Gasteiger charge is 2.25. The van der Waals surface area contributed by atoms with Crippen LogP contribution in [0.25, 0.3) is 10.2 Å². The number of fused-ring (bicyclic) bond motifs is 1. The second-order valence-corrected chi connectivity index (χ2v) is 11.7. The molecule has 1 aliphatic heterocycles. The van der Waals surface area contributed by atoms with Gasteiger partial charge in [0, 0.05) is 32.4 Å². The van der Waals surface area contributed by atoms with E-state index < -0.39 is 9.84 Å². The molecule has 1 saturated heterocycles. The van der Waals surface area contributed by atoms with Crippen molar-refractivity contribution in [2.45, 2.75) is 4.90 Å². The Kier molecular flexibility index (Phi) is 5.00. The summed E-state index contributed by atoms with van der Waals surface area (Å²) in [4.78, 5) is 22.1. The highest BCUT2D eigenvalue weighted by atomic mass is 79.9. The van der Waals surface area contributed by atoms with Crippen LogP contribution in [0.1, 0.15) is 9.67 Å². The molecule has 2 aromatic heterocycles. The van der Waals surface area contributed by atoms with Crippen LogP contribution in [0.3, 0.4) is 0 Å². The fourth-order valence-corrected chi connectivity index (χ4v) is 6.33. The second-order valence-electron chi connectivity index (χ2n) is 6.25. The van der Waals surface area contributed by atoms with Crippen LogP contribution in [0.5, 0.6) is 0 Å². The average Bonchev–Trinajstić information content (AvgIpc) is 3.26. The number of benzene rings is 1.